The number of imidazole rings is 1. The Morgan fingerprint density at radius 3 is 2.88 bits per heavy atom. The summed E-state index contributed by atoms with van der Waals surface area (Å²) in [6, 6.07) is 0.707. The highest BCUT2D eigenvalue weighted by molar-refractivity contribution is 5.82. The van der Waals surface area contributed by atoms with Crippen LogP contribution >= 0.6 is 0 Å². The molecule has 0 spiro atoms. The number of aromatic amines is 1. The topological polar surface area (TPSA) is 131 Å². The van der Waals surface area contributed by atoms with Gasteiger partial charge in [-0.05, 0) is 42.7 Å². The minimum absolute atomic E-state index is 0.197. The molecule has 0 amide bonds. The van der Waals surface area contributed by atoms with Gasteiger partial charge in [-0.15, -0.1) is 0 Å². The molecule has 1 fully saturated rings. The van der Waals surface area contributed by atoms with Gasteiger partial charge in [0, 0.05) is 23.8 Å². The van der Waals surface area contributed by atoms with Crippen LogP contribution in [0.1, 0.15) is 37.8 Å². The Labute approximate surface area is 144 Å². The first-order valence-corrected chi connectivity index (χ1v) is 8.65. The van der Waals surface area contributed by atoms with Crippen LogP contribution in [0, 0.1) is 0 Å². The van der Waals surface area contributed by atoms with Crippen molar-refractivity contribution in [1.82, 2.24) is 35.9 Å². The Hall–Kier alpha value is -2.52. The first-order valence-electron chi connectivity index (χ1n) is 8.65. The molecule has 132 valence electrons. The highest BCUT2D eigenvalue weighted by atomic mass is 16.6. The normalized spacial score (nSPS) is 17.2. The summed E-state index contributed by atoms with van der Waals surface area (Å²) in [6.45, 7) is 4.29. The van der Waals surface area contributed by atoms with Gasteiger partial charge in [0.25, 0.3) is 0 Å². The van der Waals surface area contributed by atoms with Crippen LogP contribution in [0.3, 0.4) is 0 Å². The second-order valence-electron chi connectivity index (χ2n) is 6.36. The number of hydrogen-bond donors (Lipinski definition) is 4. The van der Waals surface area contributed by atoms with Crippen molar-refractivity contribution in [1.29, 1.82) is 0 Å². The summed E-state index contributed by atoms with van der Waals surface area (Å²) >= 11 is 0. The van der Waals surface area contributed by atoms with E-state index in [1.807, 2.05) is 6.20 Å². The van der Waals surface area contributed by atoms with Crippen LogP contribution in [0.15, 0.2) is 17.0 Å². The molecule has 4 heterocycles. The maximum Gasteiger partial charge on any atom is 0.199 e. The number of fused-ring (bicyclic) bond motifs is 1. The van der Waals surface area contributed by atoms with E-state index in [1.165, 1.54) is 0 Å². The second kappa shape index (κ2) is 6.77. The number of H-pyrrole nitrogens is 1. The molecule has 25 heavy (non-hydrogen) atoms. The van der Waals surface area contributed by atoms with E-state index >= 15 is 0 Å². The molecule has 1 atom stereocenters. The minimum Gasteiger partial charge on any atom is -0.379 e. The maximum absolute atomic E-state index is 5.78. The van der Waals surface area contributed by atoms with Crippen molar-refractivity contribution >= 4 is 16.9 Å². The van der Waals surface area contributed by atoms with Crippen molar-refractivity contribution in [3.8, 4) is 11.5 Å². The molecule has 0 radical (unpaired) electrons. The molecule has 1 unspecified atom stereocenters. The number of nitrogens with two attached hydrogens (primary N) is 1. The van der Waals surface area contributed by atoms with Crippen LogP contribution < -0.4 is 16.4 Å². The minimum atomic E-state index is 0.197. The van der Waals surface area contributed by atoms with E-state index in [0.29, 0.717) is 17.6 Å². The summed E-state index contributed by atoms with van der Waals surface area (Å²) in [5, 5.41) is 14.6. The van der Waals surface area contributed by atoms with Crippen LogP contribution in [-0.2, 0) is 0 Å². The number of piperidine rings is 1. The maximum atomic E-state index is 5.78. The van der Waals surface area contributed by atoms with Gasteiger partial charge in [0.15, 0.2) is 17.3 Å². The van der Waals surface area contributed by atoms with E-state index in [0.717, 1.165) is 48.9 Å². The zero-order valence-electron chi connectivity index (χ0n) is 14.1. The van der Waals surface area contributed by atoms with Crippen molar-refractivity contribution in [2.45, 2.75) is 38.3 Å². The highest BCUT2D eigenvalue weighted by Gasteiger charge is 2.22. The lowest BCUT2D eigenvalue weighted by Crippen LogP contribution is -2.41. The molecule has 5 N–H and O–H groups in total. The van der Waals surface area contributed by atoms with E-state index in [1.54, 1.807) is 6.20 Å². The third kappa shape index (κ3) is 3.08. The van der Waals surface area contributed by atoms with Crippen molar-refractivity contribution in [2.75, 3.05) is 18.8 Å². The average molecular weight is 342 g/mol. The molecular formula is C16H22N8O. The third-order valence-electron chi connectivity index (χ3n) is 4.72. The molecule has 4 rings (SSSR count). The van der Waals surface area contributed by atoms with Crippen molar-refractivity contribution in [3.63, 3.8) is 0 Å². The fourth-order valence-corrected chi connectivity index (χ4v) is 3.38. The molecule has 1 saturated heterocycles. The zero-order valence-corrected chi connectivity index (χ0v) is 14.1. The number of nitrogens with zero attached hydrogens (tertiary/aromatic N) is 4. The summed E-state index contributed by atoms with van der Waals surface area (Å²) in [6.07, 6.45) is 6.87. The van der Waals surface area contributed by atoms with E-state index < -0.39 is 0 Å². The lowest BCUT2D eigenvalue weighted by molar-refractivity contribution is 0.310. The molecule has 1 aliphatic heterocycles. The molecule has 3 aromatic rings. The number of aromatic nitrogens is 5. The van der Waals surface area contributed by atoms with Gasteiger partial charge < -0.3 is 21.4 Å². The number of hydrogen-bond acceptors (Lipinski definition) is 8. The molecule has 1 aliphatic rings. The van der Waals surface area contributed by atoms with Crippen molar-refractivity contribution in [3.05, 3.63) is 18.0 Å². The monoisotopic (exact) mass is 342 g/mol. The van der Waals surface area contributed by atoms with E-state index in [-0.39, 0.29) is 11.9 Å². The van der Waals surface area contributed by atoms with Gasteiger partial charge in [0.05, 0.1) is 17.2 Å². The van der Waals surface area contributed by atoms with E-state index in [4.69, 9.17) is 5.73 Å². The Kier molecular flexibility index (Phi) is 4.33. The summed E-state index contributed by atoms with van der Waals surface area (Å²) in [5.74, 6) is 0.758. The molecule has 3 aromatic heterocycles. The predicted molar refractivity (Wildman–Crippen MR) is 93.7 cm³/mol. The van der Waals surface area contributed by atoms with Crippen LogP contribution in [0.5, 0.6) is 0 Å². The standard InChI is InChI=1S/C16H22N8O/c1-2-11(20-9-3-5-18-6-4-9)10-7-19-8-12-13(10)22-16(21-12)14-15(17)24-25-23-14/h7-9,11,18,20H,2-6H2,1H3,(H2,17,24)(H,21,22). The van der Waals surface area contributed by atoms with E-state index in [2.05, 4.69) is 47.5 Å². The fourth-order valence-electron chi connectivity index (χ4n) is 3.38. The van der Waals surface area contributed by atoms with Gasteiger partial charge >= 0.3 is 0 Å². The summed E-state index contributed by atoms with van der Waals surface area (Å²) in [5.41, 5.74) is 9.00. The first-order chi connectivity index (χ1) is 12.3. The van der Waals surface area contributed by atoms with Gasteiger partial charge in [-0.1, -0.05) is 6.92 Å². The lowest BCUT2D eigenvalue weighted by Gasteiger charge is -2.28. The zero-order chi connectivity index (χ0) is 17.2. The van der Waals surface area contributed by atoms with Crippen molar-refractivity contribution < 1.29 is 4.63 Å². The number of rotatable bonds is 5. The smallest absolute Gasteiger partial charge is 0.199 e. The fraction of sp³-hybridized carbons (Fsp3) is 0.500. The first kappa shape index (κ1) is 16.0. The van der Waals surface area contributed by atoms with Crippen LogP contribution in [0.4, 0.5) is 5.82 Å². The molecular weight excluding hydrogens is 320 g/mol. The summed E-state index contributed by atoms with van der Waals surface area (Å²) in [7, 11) is 0. The quantitative estimate of drug-likeness (QED) is 0.547. The highest BCUT2D eigenvalue weighted by Crippen LogP contribution is 2.28. The van der Waals surface area contributed by atoms with Crippen LogP contribution in [0.2, 0.25) is 0 Å². The van der Waals surface area contributed by atoms with Crippen LogP contribution in [-0.4, -0.2) is 44.4 Å². The Balaban J connectivity index is 1.68. The van der Waals surface area contributed by atoms with Gasteiger partial charge in [-0.3, -0.25) is 4.98 Å². The molecule has 9 nitrogen and oxygen atoms in total. The largest absolute Gasteiger partial charge is 0.379 e. The number of anilines is 1. The Morgan fingerprint density at radius 1 is 1.32 bits per heavy atom. The molecule has 0 aliphatic carbocycles. The lowest BCUT2D eigenvalue weighted by atomic mass is 10.0. The number of nitrogen functional groups attached to an aromatic ring is 1. The molecule has 9 heteroatoms. The molecule has 0 aromatic carbocycles. The predicted octanol–water partition coefficient (Wildman–Crippen LogP) is 1.38. The molecule has 0 saturated carbocycles. The van der Waals surface area contributed by atoms with E-state index in [9.17, 15) is 0 Å². The van der Waals surface area contributed by atoms with Gasteiger partial charge in [-0.2, -0.15) is 0 Å². The average Bonchev–Trinajstić information content (AvgIpc) is 3.26. The third-order valence-corrected chi connectivity index (χ3v) is 4.72. The Bertz CT molecular complexity index is 851. The summed E-state index contributed by atoms with van der Waals surface area (Å²) < 4.78 is 4.68. The molecule has 0 bridgehead atoms. The van der Waals surface area contributed by atoms with Gasteiger partial charge in [-0.25, -0.2) is 9.61 Å². The second-order valence-corrected chi connectivity index (χ2v) is 6.36. The van der Waals surface area contributed by atoms with Gasteiger partial charge in [0.1, 0.15) is 0 Å². The number of nitrogens with one attached hydrogen (secondary N) is 3. The van der Waals surface area contributed by atoms with Gasteiger partial charge in [0.2, 0.25) is 0 Å². The van der Waals surface area contributed by atoms with Crippen molar-refractivity contribution in [2.24, 2.45) is 0 Å². The summed E-state index contributed by atoms with van der Waals surface area (Å²) in [4.78, 5) is 12.3. The SMILES string of the molecule is CCC(NC1CCNCC1)c1cncc2[nH]c(-c3nonc3N)nc12. The van der Waals surface area contributed by atoms with Crippen LogP contribution in [0.25, 0.3) is 22.6 Å². The number of pyridine rings is 1. The Morgan fingerprint density at radius 2 is 2.16 bits per heavy atom.